The average Bonchev–Trinajstić information content (AvgIpc) is 3.23. The summed E-state index contributed by atoms with van der Waals surface area (Å²) in [7, 11) is 1.80. The first-order valence-electron chi connectivity index (χ1n) is 12.5. The van der Waals surface area contributed by atoms with Crippen molar-refractivity contribution in [3.05, 3.63) is 107 Å². The van der Waals surface area contributed by atoms with Gasteiger partial charge in [0.1, 0.15) is 11.6 Å². The standard InChI is InChI=1S/C30H31F2N3O3/c1-3-19-7-6-8-20(11-19)16-35(18-28(36)26(33)14-21-12-22(31)15-23(32)13-21)30(38)29(37)25-17-34(2)27-10-5-4-9-24(25)27/h4-13,15,17,26,28,36H,3,14,16,18,33H2,1-2H3. The quantitative estimate of drug-likeness (QED) is 0.243. The molecule has 6 nitrogen and oxygen atoms in total. The molecule has 3 N–H and O–H groups in total. The maximum absolute atomic E-state index is 13.6. The van der Waals surface area contributed by atoms with Gasteiger partial charge >= 0.3 is 0 Å². The third-order valence-corrected chi connectivity index (χ3v) is 6.69. The molecule has 0 bridgehead atoms. The Morgan fingerprint density at radius 2 is 1.66 bits per heavy atom. The molecule has 1 aromatic heterocycles. The van der Waals surface area contributed by atoms with E-state index in [-0.39, 0.29) is 30.6 Å². The summed E-state index contributed by atoms with van der Waals surface area (Å²) >= 11 is 0. The number of para-hydroxylation sites is 1. The Balaban J connectivity index is 1.60. The van der Waals surface area contributed by atoms with Gasteiger partial charge in [-0.3, -0.25) is 9.59 Å². The van der Waals surface area contributed by atoms with Crippen LogP contribution in [0.3, 0.4) is 0 Å². The number of halogens is 2. The zero-order valence-corrected chi connectivity index (χ0v) is 21.4. The summed E-state index contributed by atoms with van der Waals surface area (Å²) < 4.78 is 29.0. The SMILES string of the molecule is CCc1cccc(CN(CC(O)C(N)Cc2cc(F)cc(F)c2)C(=O)C(=O)c2cn(C)c3ccccc23)c1. The molecule has 0 aliphatic carbocycles. The molecule has 0 saturated heterocycles. The number of carbonyl (C=O) groups is 2. The number of Topliss-reactive ketones (excluding diaryl/α,β-unsaturated/α-hetero) is 1. The van der Waals surface area contributed by atoms with Gasteiger partial charge in [-0.05, 0) is 47.7 Å². The normalized spacial score (nSPS) is 12.9. The van der Waals surface area contributed by atoms with Crippen LogP contribution in [0.4, 0.5) is 8.78 Å². The van der Waals surface area contributed by atoms with Crippen LogP contribution in [0.25, 0.3) is 10.9 Å². The van der Waals surface area contributed by atoms with Gasteiger partial charge in [0.2, 0.25) is 0 Å². The molecule has 2 atom stereocenters. The molecule has 4 rings (SSSR count). The predicted octanol–water partition coefficient (Wildman–Crippen LogP) is 4.16. The van der Waals surface area contributed by atoms with E-state index < -0.39 is 35.5 Å². The van der Waals surface area contributed by atoms with Crippen LogP contribution >= 0.6 is 0 Å². The highest BCUT2D eigenvalue weighted by atomic mass is 19.1. The molecule has 198 valence electrons. The van der Waals surface area contributed by atoms with Crippen molar-refractivity contribution in [2.45, 2.75) is 38.5 Å². The number of aliphatic hydroxyl groups is 1. The van der Waals surface area contributed by atoms with E-state index in [4.69, 9.17) is 5.73 Å². The van der Waals surface area contributed by atoms with Crippen LogP contribution in [0.5, 0.6) is 0 Å². The minimum atomic E-state index is -1.25. The van der Waals surface area contributed by atoms with E-state index in [1.165, 1.54) is 4.90 Å². The summed E-state index contributed by atoms with van der Waals surface area (Å²) in [5.74, 6) is -2.95. The molecule has 1 heterocycles. The van der Waals surface area contributed by atoms with E-state index in [0.29, 0.717) is 5.39 Å². The minimum Gasteiger partial charge on any atom is -0.390 e. The molecule has 0 saturated carbocycles. The van der Waals surface area contributed by atoms with Crippen molar-refractivity contribution >= 4 is 22.6 Å². The highest BCUT2D eigenvalue weighted by molar-refractivity contribution is 6.44. The second-order valence-corrected chi connectivity index (χ2v) is 9.57. The van der Waals surface area contributed by atoms with E-state index >= 15 is 0 Å². The van der Waals surface area contributed by atoms with Gasteiger partial charge in [-0.15, -0.1) is 0 Å². The number of nitrogens with two attached hydrogens (primary N) is 1. The molecule has 2 unspecified atom stereocenters. The van der Waals surface area contributed by atoms with Crippen LogP contribution in [0.15, 0.2) is 72.9 Å². The molecule has 0 aliphatic heterocycles. The van der Waals surface area contributed by atoms with Crippen LogP contribution in [0.2, 0.25) is 0 Å². The van der Waals surface area contributed by atoms with Gasteiger partial charge in [-0.25, -0.2) is 8.78 Å². The van der Waals surface area contributed by atoms with Gasteiger partial charge in [0.25, 0.3) is 11.7 Å². The first kappa shape index (κ1) is 27.2. The highest BCUT2D eigenvalue weighted by Crippen LogP contribution is 2.22. The molecule has 4 aromatic rings. The molecular formula is C30H31F2N3O3. The van der Waals surface area contributed by atoms with Gasteiger partial charge in [0.05, 0.1) is 11.7 Å². The molecule has 0 fully saturated rings. The number of aliphatic hydroxyl groups excluding tert-OH is 1. The van der Waals surface area contributed by atoms with E-state index in [1.54, 1.807) is 29.9 Å². The first-order chi connectivity index (χ1) is 18.2. The average molecular weight is 520 g/mol. The third kappa shape index (κ3) is 6.15. The molecule has 0 radical (unpaired) electrons. The summed E-state index contributed by atoms with van der Waals surface area (Å²) in [5, 5.41) is 11.6. The van der Waals surface area contributed by atoms with Crippen LogP contribution in [-0.4, -0.2) is 45.0 Å². The fourth-order valence-electron chi connectivity index (χ4n) is 4.67. The van der Waals surface area contributed by atoms with Gasteiger partial charge in [-0.1, -0.05) is 49.4 Å². The number of hydrogen-bond acceptors (Lipinski definition) is 4. The number of carbonyl (C=O) groups excluding carboxylic acids is 2. The van der Waals surface area contributed by atoms with Crippen molar-refractivity contribution < 1.29 is 23.5 Å². The number of fused-ring (bicyclic) bond motifs is 1. The zero-order valence-electron chi connectivity index (χ0n) is 21.4. The van der Waals surface area contributed by atoms with Crippen molar-refractivity contribution in [1.82, 2.24) is 9.47 Å². The molecule has 38 heavy (non-hydrogen) atoms. The number of hydrogen-bond donors (Lipinski definition) is 2. The van der Waals surface area contributed by atoms with E-state index in [0.717, 1.165) is 41.3 Å². The molecule has 3 aromatic carbocycles. The van der Waals surface area contributed by atoms with Gasteiger partial charge in [0, 0.05) is 49.3 Å². The monoisotopic (exact) mass is 519 g/mol. The summed E-state index contributed by atoms with van der Waals surface area (Å²) in [6, 6.07) is 17.1. The van der Waals surface area contributed by atoms with E-state index in [2.05, 4.69) is 0 Å². The topological polar surface area (TPSA) is 88.6 Å². The lowest BCUT2D eigenvalue weighted by Gasteiger charge is -2.28. The molecule has 0 spiro atoms. The Morgan fingerprint density at radius 1 is 0.974 bits per heavy atom. The Hall–Kier alpha value is -3.88. The number of nitrogens with zero attached hydrogens (tertiary/aromatic N) is 2. The van der Waals surface area contributed by atoms with Crippen LogP contribution in [-0.2, 0) is 31.2 Å². The molecule has 1 amide bonds. The Kier molecular flexibility index (Phi) is 8.34. The minimum absolute atomic E-state index is 0.0134. The van der Waals surface area contributed by atoms with Crippen molar-refractivity contribution in [1.29, 1.82) is 0 Å². The van der Waals surface area contributed by atoms with Gasteiger partial charge < -0.3 is 20.3 Å². The lowest BCUT2D eigenvalue weighted by atomic mass is 10.0. The second-order valence-electron chi connectivity index (χ2n) is 9.57. The lowest BCUT2D eigenvalue weighted by Crippen LogP contribution is -2.48. The number of aryl methyl sites for hydroxylation is 2. The van der Waals surface area contributed by atoms with Crippen LogP contribution in [0, 0.1) is 11.6 Å². The summed E-state index contributed by atoms with van der Waals surface area (Å²) in [6.45, 7) is 1.87. The first-order valence-corrected chi connectivity index (χ1v) is 12.5. The molecular weight excluding hydrogens is 488 g/mol. The molecule has 8 heteroatoms. The number of amides is 1. The number of benzene rings is 3. The van der Waals surface area contributed by atoms with Crippen LogP contribution in [0.1, 0.15) is 34.0 Å². The van der Waals surface area contributed by atoms with Crippen molar-refractivity contribution in [3.63, 3.8) is 0 Å². The van der Waals surface area contributed by atoms with Gasteiger partial charge in [0.15, 0.2) is 0 Å². The Labute approximate surface area is 220 Å². The maximum Gasteiger partial charge on any atom is 0.295 e. The highest BCUT2D eigenvalue weighted by Gasteiger charge is 2.29. The smallest absolute Gasteiger partial charge is 0.295 e. The van der Waals surface area contributed by atoms with E-state index in [9.17, 15) is 23.5 Å². The second kappa shape index (κ2) is 11.7. The Morgan fingerprint density at radius 3 is 2.37 bits per heavy atom. The summed E-state index contributed by atoms with van der Waals surface area (Å²) in [6.07, 6.45) is 1.16. The van der Waals surface area contributed by atoms with Crippen molar-refractivity contribution in [3.8, 4) is 0 Å². The number of rotatable bonds is 10. The number of ketones is 1. The number of aromatic nitrogens is 1. The van der Waals surface area contributed by atoms with Gasteiger partial charge in [-0.2, -0.15) is 0 Å². The van der Waals surface area contributed by atoms with E-state index in [1.807, 2.05) is 43.3 Å². The van der Waals surface area contributed by atoms with Crippen molar-refractivity contribution in [2.75, 3.05) is 6.54 Å². The van der Waals surface area contributed by atoms with Crippen LogP contribution < -0.4 is 5.73 Å². The fraction of sp³-hybridized carbons (Fsp3) is 0.267. The zero-order chi connectivity index (χ0) is 27.4. The summed E-state index contributed by atoms with van der Waals surface area (Å²) in [4.78, 5) is 28.3. The molecule has 0 aliphatic rings. The summed E-state index contributed by atoms with van der Waals surface area (Å²) in [5.41, 5.74) is 9.43. The largest absolute Gasteiger partial charge is 0.390 e. The maximum atomic E-state index is 13.6. The van der Waals surface area contributed by atoms with Crippen molar-refractivity contribution in [2.24, 2.45) is 12.8 Å². The predicted molar refractivity (Wildman–Crippen MR) is 143 cm³/mol. The third-order valence-electron chi connectivity index (χ3n) is 6.69. The lowest BCUT2D eigenvalue weighted by molar-refractivity contribution is -0.128. The fourth-order valence-corrected chi connectivity index (χ4v) is 4.67. The Bertz CT molecular complexity index is 1450.